The molecule has 5 aromatic rings. The van der Waals surface area contributed by atoms with Crippen molar-refractivity contribution in [2.24, 2.45) is 0 Å². The highest BCUT2D eigenvalue weighted by Gasteiger charge is 2.21. The van der Waals surface area contributed by atoms with Crippen LogP contribution in [0, 0.1) is 0 Å². The second-order valence-corrected chi connectivity index (χ2v) is 6.90. The Bertz CT molecular complexity index is 1230. The van der Waals surface area contributed by atoms with E-state index in [1.54, 1.807) is 24.9 Å². The average molecular weight is 397 g/mol. The normalized spacial score (nSPS) is 12.2. The fourth-order valence-electron chi connectivity index (χ4n) is 3.45. The molecule has 0 unspecified atom stereocenters. The number of aliphatic hydroxyl groups is 1. The van der Waals surface area contributed by atoms with Gasteiger partial charge < -0.3 is 14.1 Å². The van der Waals surface area contributed by atoms with Crippen LogP contribution in [0.3, 0.4) is 0 Å². The summed E-state index contributed by atoms with van der Waals surface area (Å²) < 4.78 is 8.05. The van der Waals surface area contributed by atoms with E-state index in [4.69, 9.17) is 4.42 Å². The number of H-pyrrole nitrogens is 1. The Morgan fingerprint density at radius 2 is 1.83 bits per heavy atom. The molecule has 0 saturated carbocycles. The number of aromatic nitrogens is 5. The molecule has 0 spiro atoms. The van der Waals surface area contributed by atoms with E-state index < -0.39 is 6.10 Å². The molecular formula is C23H19N5O2. The number of rotatable bonds is 6. The minimum absolute atomic E-state index is 0.320. The lowest BCUT2D eigenvalue weighted by atomic mass is 10.1. The third kappa shape index (κ3) is 3.42. The van der Waals surface area contributed by atoms with E-state index in [0.29, 0.717) is 18.1 Å². The van der Waals surface area contributed by atoms with E-state index in [0.717, 1.165) is 28.2 Å². The molecule has 1 aromatic carbocycles. The van der Waals surface area contributed by atoms with E-state index in [1.165, 1.54) is 0 Å². The summed E-state index contributed by atoms with van der Waals surface area (Å²) in [5.41, 5.74) is 4.11. The fourth-order valence-corrected chi connectivity index (χ4v) is 3.45. The highest BCUT2D eigenvalue weighted by molar-refractivity contribution is 5.77. The standard InChI is InChI=1S/C23H19N5O2/c29-19(17-7-4-11-24-13-17)14-28-15-25-22(16-5-2-1-3-6-16)23(28)21-9-8-20(30-21)18-10-12-26-27-18/h1-13,15,19,29H,14H2,(H,26,27)/t19-/m0/s1. The van der Waals surface area contributed by atoms with Crippen LogP contribution in [0.1, 0.15) is 11.7 Å². The summed E-state index contributed by atoms with van der Waals surface area (Å²) in [7, 11) is 0. The van der Waals surface area contributed by atoms with Gasteiger partial charge in [0, 0.05) is 29.7 Å². The highest BCUT2D eigenvalue weighted by Crippen LogP contribution is 2.35. The van der Waals surface area contributed by atoms with Crippen LogP contribution in [-0.2, 0) is 6.54 Å². The lowest BCUT2D eigenvalue weighted by molar-refractivity contribution is 0.156. The molecule has 148 valence electrons. The van der Waals surface area contributed by atoms with Gasteiger partial charge in [0.2, 0.25) is 0 Å². The summed E-state index contributed by atoms with van der Waals surface area (Å²) in [5.74, 6) is 1.34. The summed E-state index contributed by atoms with van der Waals surface area (Å²) in [5, 5.41) is 17.6. The molecule has 2 N–H and O–H groups in total. The monoisotopic (exact) mass is 397 g/mol. The summed E-state index contributed by atoms with van der Waals surface area (Å²) in [6.07, 6.45) is 6.05. The summed E-state index contributed by atoms with van der Waals surface area (Å²) >= 11 is 0. The molecule has 5 rings (SSSR count). The molecule has 4 aromatic heterocycles. The van der Waals surface area contributed by atoms with Crippen LogP contribution in [0.15, 0.2) is 90.0 Å². The zero-order valence-corrected chi connectivity index (χ0v) is 16.0. The van der Waals surface area contributed by atoms with Crippen LogP contribution >= 0.6 is 0 Å². The van der Waals surface area contributed by atoms with Crippen molar-refractivity contribution in [2.75, 3.05) is 0 Å². The molecular weight excluding hydrogens is 378 g/mol. The molecule has 0 radical (unpaired) electrons. The van der Waals surface area contributed by atoms with Gasteiger partial charge in [-0.15, -0.1) is 0 Å². The maximum Gasteiger partial charge on any atom is 0.153 e. The number of aromatic amines is 1. The third-order valence-electron chi connectivity index (χ3n) is 4.93. The van der Waals surface area contributed by atoms with Crippen LogP contribution < -0.4 is 0 Å². The number of hydrogen-bond acceptors (Lipinski definition) is 5. The van der Waals surface area contributed by atoms with Gasteiger partial charge >= 0.3 is 0 Å². The molecule has 0 fully saturated rings. The molecule has 7 nitrogen and oxygen atoms in total. The predicted octanol–water partition coefficient (Wildman–Crippen LogP) is 4.33. The quantitative estimate of drug-likeness (QED) is 0.445. The smallest absolute Gasteiger partial charge is 0.153 e. The Morgan fingerprint density at radius 1 is 0.967 bits per heavy atom. The Kier molecular flexibility index (Phi) is 4.71. The highest BCUT2D eigenvalue weighted by atomic mass is 16.3. The van der Waals surface area contributed by atoms with Crippen LogP contribution in [0.5, 0.6) is 0 Å². The van der Waals surface area contributed by atoms with Crippen molar-refractivity contribution in [1.82, 2.24) is 24.7 Å². The van der Waals surface area contributed by atoms with Crippen LogP contribution in [0.2, 0.25) is 0 Å². The molecule has 0 aliphatic rings. The summed E-state index contributed by atoms with van der Waals surface area (Å²) in [6.45, 7) is 0.320. The first-order chi connectivity index (χ1) is 14.8. The number of aliphatic hydroxyl groups excluding tert-OH is 1. The Morgan fingerprint density at radius 3 is 2.60 bits per heavy atom. The van der Waals surface area contributed by atoms with E-state index in [9.17, 15) is 5.11 Å². The molecule has 0 aliphatic heterocycles. The van der Waals surface area contributed by atoms with Crippen molar-refractivity contribution in [3.63, 3.8) is 0 Å². The van der Waals surface area contributed by atoms with Crippen molar-refractivity contribution >= 4 is 0 Å². The van der Waals surface area contributed by atoms with Gasteiger partial charge in [-0.25, -0.2) is 4.98 Å². The van der Waals surface area contributed by atoms with Gasteiger partial charge in [-0.2, -0.15) is 5.10 Å². The van der Waals surface area contributed by atoms with Gasteiger partial charge in [-0.3, -0.25) is 10.1 Å². The number of furan rings is 1. The van der Waals surface area contributed by atoms with Gasteiger partial charge in [0.25, 0.3) is 0 Å². The molecule has 7 heteroatoms. The minimum Gasteiger partial charge on any atom is -0.453 e. The lowest BCUT2D eigenvalue weighted by Gasteiger charge is -2.14. The summed E-state index contributed by atoms with van der Waals surface area (Å²) in [4.78, 5) is 8.74. The topological polar surface area (TPSA) is 92.8 Å². The van der Waals surface area contributed by atoms with Gasteiger partial charge in [-0.05, 0) is 24.3 Å². The number of imidazole rings is 1. The fraction of sp³-hybridized carbons (Fsp3) is 0.0870. The van der Waals surface area contributed by atoms with Crippen molar-refractivity contribution in [1.29, 1.82) is 0 Å². The predicted molar refractivity (Wildman–Crippen MR) is 112 cm³/mol. The average Bonchev–Trinajstić information content (AvgIpc) is 3.55. The molecule has 0 amide bonds. The molecule has 0 aliphatic carbocycles. The first-order valence-electron chi connectivity index (χ1n) is 9.58. The summed E-state index contributed by atoms with van der Waals surface area (Å²) in [6, 6.07) is 19.3. The third-order valence-corrected chi connectivity index (χ3v) is 4.93. The lowest BCUT2D eigenvalue weighted by Crippen LogP contribution is -2.09. The zero-order chi connectivity index (χ0) is 20.3. The first kappa shape index (κ1) is 18.1. The van der Waals surface area contributed by atoms with Crippen molar-refractivity contribution < 1.29 is 9.52 Å². The van der Waals surface area contributed by atoms with Crippen molar-refractivity contribution in [2.45, 2.75) is 12.6 Å². The van der Waals surface area contributed by atoms with Crippen molar-refractivity contribution in [3.8, 4) is 34.2 Å². The van der Waals surface area contributed by atoms with Gasteiger partial charge in [-0.1, -0.05) is 36.4 Å². The van der Waals surface area contributed by atoms with E-state index >= 15 is 0 Å². The SMILES string of the molecule is O[C@@H](Cn1cnc(-c2ccccc2)c1-c1ccc(-c2ccn[nH]2)o1)c1cccnc1. The second-order valence-electron chi connectivity index (χ2n) is 6.90. The Hall–Kier alpha value is -3.97. The van der Waals surface area contributed by atoms with Gasteiger partial charge in [0.1, 0.15) is 11.4 Å². The molecule has 4 heterocycles. The number of pyridine rings is 1. The van der Waals surface area contributed by atoms with Gasteiger partial charge in [0.05, 0.1) is 24.7 Å². The molecule has 0 saturated heterocycles. The van der Waals surface area contributed by atoms with Gasteiger partial charge in [0.15, 0.2) is 11.5 Å². The number of benzene rings is 1. The largest absolute Gasteiger partial charge is 0.453 e. The number of nitrogens with zero attached hydrogens (tertiary/aromatic N) is 4. The Labute approximate surface area is 172 Å². The first-order valence-corrected chi connectivity index (χ1v) is 9.58. The van der Waals surface area contributed by atoms with Crippen LogP contribution in [-0.4, -0.2) is 29.8 Å². The maximum absolute atomic E-state index is 10.7. The van der Waals surface area contributed by atoms with Crippen molar-refractivity contribution in [3.05, 3.63) is 91.1 Å². The maximum atomic E-state index is 10.7. The molecule has 0 bridgehead atoms. The number of nitrogens with one attached hydrogen (secondary N) is 1. The van der Waals surface area contributed by atoms with Crippen LogP contribution in [0.25, 0.3) is 34.2 Å². The second kappa shape index (κ2) is 7.81. The minimum atomic E-state index is -0.725. The van der Waals surface area contributed by atoms with E-state index in [2.05, 4.69) is 20.2 Å². The zero-order valence-electron chi connectivity index (χ0n) is 16.0. The van der Waals surface area contributed by atoms with Crippen LogP contribution in [0.4, 0.5) is 0 Å². The number of hydrogen-bond donors (Lipinski definition) is 2. The molecule has 30 heavy (non-hydrogen) atoms. The van der Waals surface area contributed by atoms with E-state index in [-0.39, 0.29) is 0 Å². The van der Waals surface area contributed by atoms with E-state index in [1.807, 2.05) is 65.2 Å². The Balaban J connectivity index is 1.57. The molecule has 1 atom stereocenters.